The van der Waals surface area contributed by atoms with Crippen LogP contribution in [0.3, 0.4) is 0 Å². The number of carbonyl (C=O) groups is 2. The second kappa shape index (κ2) is 5.52. The van der Waals surface area contributed by atoms with Crippen LogP contribution in [0, 0.1) is 0 Å². The molecule has 1 fully saturated rings. The predicted octanol–water partition coefficient (Wildman–Crippen LogP) is 0.919. The maximum atomic E-state index is 11.7. The number of likely N-dealkylation sites (tertiary alicyclic amines) is 1. The summed E-state index contributed by atoms with van der Waals surface area (Å²) in [4.78, 5) is 24.5. The van der Waals surface area contributed by atoms with Crippen molar-refractivity contribution in [2.45, 2.75) is 24.1 Å². The van der Waals surface area contributed by atoms with Crippen LogP contribution in [0.5, 0.6) is 5.75 Å². The minimum Gasteiger partial charge on any atom is -0.508 e. The third-order valence-corrected chi connectivity index (χ3v) is 3.51. The molecule has 1 aromatic rings. The van der Waals surface area contributed by atoms with Gasteiger partial charge in [-0.05, 0) is 17.7 Å². The van der Waals surface area contributed by atoms with Crippen LogP contribution in [0.4, 0.5) is 0 Å². The molecule has 1 saturated heterocycles. The Labute approximate surface area is 116 Å². The Morgan fingerprint density at radius 1 is 1.42 bits per heavy atom. The molecular formula is C13H15NO4S. The lowest BCUT2D eigenvalue weighted by Gasteiger charge is -2.24. The number of benzene rings is 1. The predicted molar refractivity (Wildman–Crippen MR) is 72.3 cm³/mol. The summed E-state index contributed by atoms with van der Waals surface area (Å²) >= 11 is 4.23. The summed E-state index contributed by atoms with van der Waals surface area (Å²) in [7, 11) is 0. The van der Waals surface area contributed by atoms with Gasteiger partial charge in [0.1, 0.15) is 11.8 Å². The number of carboxylic acid groups (broad SMARTS) is 1. The zero-order valence-corrected chi connectivity index (χ0v) is 11.1. The van der Waals surface area contributed by atoms with Crippen LogP contribution in [-0.4, -0.2) is 44.8 Å². The number of carbonyl (C=O) groups excluding carboxylic acids is 1. The van der Waals surface area contributed by atoms with E-state index in [1.165, 1.54) is 17.0 Å². The SMILES string of the molecule is O=C(O)[C@H](Cc1ccc(O)cc1)N1CC(S)CC1=O. The molecule has 19 heavy (non-hydrogen) atoms. The van der Waals surface area contributed by atoms with Gasteiger partial charge in [0.05, 0.1) is 0 Å². The lowest BCUT2D eigenvalue weighted by molar-refractivity contribution is -0.148. The smallest absolute Gasteiger partial charge is 0.326 e. The standard InChI is InChI=1S/C13H15NO4S/c15-9-3-1-8(2-4-9)5-11(13(17)18)14-7-10(19)6-12(14)16/h1-4,10-11,15,19H,5-7H2,(H,17,18)/t10?,11-/m0/s1. The minimum atomic E-state index is -1.02. The number of nitrogens with zero attached hydrogens (tertiary/aromatic N) is 1. The summed E-state index contributed by atoms with van der Waals surface area (Å²) in [5, 5.41) is 18.4. The summed E-state index contributed by atoms with van der Waals surface area (Å²) in [6, 6.07) is 5.44. The summed E-state index contributed by atoms with van der Waals surface area (Å²) < 4.78 is 0. The highest BCUT2D eigenvalue weighted by molar-refractivity contribution is 7.81. The van der Waals surface area contributed by atoms with Crippen LogP contribution in [0.2, 0.25) is 0 Å². The van der Waals surface area contributed by atoms with E-state index in [1.54, 1.807) is 12.1 Å². The highest BCUT2D eigenvalue weighted by Crippen LogP contribution is 2.21. The zero-order valence-electron chi connectivity index (χ0n) is 10.2. The van der Waals surface area contributed by atoms with Crippen molar-refractivity contribution in [1.82, 2.24) is 4.90 Å². The van der Waals surface area contributed by atoms with Crippen molar-refractivity contribution in [1.29, 1.82) is 0 Å². The van der Waals surface area contributed by atoms with Gasteiger partial charge in [0.2, 0.25) is 5.91 Å². The second-order valence-electron chi connectivity index (χ2n) is 4.63. The van der Waals surface area contributed by atoms with Crippen molar-refractivity contribution in [2.75, 3.05) is 6.54 Å². The number of rotatable bonds is 4. The van der Waals surface area contributed by atoms with Crippen LogP contribution >= 0.6 is 12.6 Å². The van der Waals surface area contributed by atoms with E-state index in [0.717, 1.165) is 5.56 Å². The third-order valence-electron chi connectivity index (χ3n) is 3.16. The van der Waals surface area contributed by atoms with Crippen molar-refractivity contribution in [3.63, 3.8) is 0 Å². The highest BCUT2D eigenvalue weighted by atomic mass is 32.1. The summed E-state index contributed by atoms with van der Waals surface area (Å²) in [5.41, 5.74) is 0.764. The van der Waals surface area contributed by atoms with Gasteiger partial charge >= 0.3 is 5.97 Å². The van der Waals surface area contributed by atoms with Crippen LogP contribution in [0.15, 0.2) is 24.3 Å². The molecule has 2 rings (SSSR count). The van der Waals surface area contributed by atoms with E-state index in [0.29, 0.717) is 6.54 Å². The van der Waals surface area contributed by atoms with Crippen molar-refractivity contribution in [2.24, 2.45) is 0 Å². The minimum absolute atomic E-state index is 0.103. The van der Waals surface area contributed by atoms with E-state index in [2.05, 4.69) is 12.6 Å². The molecule has 1 aromatic carbocycles. The number of aromatic hydroxyl groups is 1. The maximum Gasteiger partial charge on any atom is 0.326 e. The van der Waals surface area contributed by atoms with Gasteiger partial charge in [-0.2, -0.15) is 12.6 Å². The fourth-order valence-corrected chi connectivity index (χ4v) is 2.53. The number of hydrogen-bond acceptors (Lipinski definition) is 4. The van der Waals surface area contributed by atoms with Gasteiger partial charge in [-0.1, -0.05) is 12.1 Å². The van der Waals surface area contributed by atoms with Gasteiger partial charge in [0.25, 0.3) is 0 Å². The first-order chi connectivity index (χ1) is 8.97. The quantitative estimate of drug-likeness (QED) is 0.717. The molecule has 0 radical (unpaired) electrons. The number of aliphatic carboxylic acids is 1. The second-order valence-corrected chi connectivity index (χ2v) is 5.36. The molecule has 0 saturated carbocycles. The summed E-state index contributed by atoms with van der Waals surface area (Å²) in [5.74, 6) is -1.07. The molecule has 5 nitrogen and oxygen atoms in total. The Morgan fingerprint density at radius 2 is 2.05 bits per heavy atom. The van der Waals surface area contributed by atoms with E-state index in [-0.39, 0.29) is 29.7 Å². The van der Waals surface area contributed by atoms with Gasteiger partial charge in [-0.25, -0.2) is 4.79 Å². The van der Waals surface area contributed by atoms with Gasteiger partial charge in [-0.3, -0.25) is 4.79 Å². The number of phenols is 1. The molecule has 0 aliphatic carbocycles. The Morgan fingerprint density at radius 3 is 2.53 bits per heavy atom. The van der Waals surface area contributed by atoms with Crippen molar-refractivity contribution >= 4 is 24.5 Å². The maximum absolute atomic E-state index is 11.7. The molecule has 2 N–H and O–H groups in total. The summed E-state index contributed by atoms with van der Waals surface area (Å²) in [6.07, 6.45) is 0.504. The van der Waals surface area contributed by atoms with E-state index >= 15 is 0 Å². The number of phenolic OH excluding ortho intramolecular Hbond substituents is 1. The van der Waals surface area contributed by atoms with Crippen molar-refractivity contribution in [3.05, 3.63) is 29.8 Å². The number of hydrogen-bond donors (Lipinski definition) is 3. The van der Waals surface area contributed by atoms with Gasteiger partial charge in [-0.15, -0.1) is 0 Å². The first-order valence-corrected chi connectivity index (χ1v) is 6.47. The molecule has 1 aliphatic heterocycles. The Hall–Kier alpha value is -1.69. The average Bonchev–Trinajstić information content (AvgIpc) is 2.67. The molecule has 2 atom stereocenters. The average molecular weight is 281 g/mol. The fraction of sp³-hybridized carbons (Fsp3) is 0.385. The molecule has 1 aliphatic rings. The third kappa shape index (κ3) is 3.20. The van der Waals surface area contributed by atoms with Gasteiger partial charge < -0.3 is 15.1 Å². The monoisotopic (exact) mass is 281 g/mol. The largest absolute Gasteiger partial charge is 0.508 e. The zero-order chi connectivity index (χ0) is 14.0. The van der Waals surface area contributed by atoms with E-state index in [4.69, 9.17) is 0 Å². The van der Waals surface area contributed by atoms with Crippen LogP contribution in [0.25, 0.3) is 0 Å². The Balaban J connectivity index is 2.15. The molecule has 1 heterocycles. The molecule has 0 aromatic heterocycles. The normalized spacial score (nSPS) is 20.6. The Kier molecular flexibility index (Phi) is 3.99. The fourth-order valence-electron chi connectivity index (χ4n) is 2.20. The molecule has 102 valence electrons. The lowest BCUT2D eigenvalue weighted by Crippen LogP contribution is -2.43. The van der Waals surface area contributed by atoms with Crippen LogP contribution in [-0.2, 0) is 16.0 Å². The Bertz CT molecular complexity index is 488. The van der Waals surface area contributed by atoms with Crippen LogP contribution in [0.1, 0.15) is 12.0 Å². The molecular weight excluding hydrogens is 266 g/mol. The number of amides is 1. The first kappa shape index (κ1) is 13.7. The van der Waals surface area contributed by atoms with Gasteiger partial charge in [0.15, 0.2) is 0 Å². The molecule has 6 heteroatoms. The molecule has 1 unspecified atom stereocenters. The first-order valence-electron chi connectivity index (χ1n) is 5.95. The summed E-state index contributed by atoms with van der Waals surface area (Å²) in [6.45, 7) is 0.358. The van der Waals surface area contributed by atoms with E-state index in [9.17, 15) is 19.8 Å². The molecule has 0 bridgehead atoms. The van der Waals surface area contributed by atoms with E-state index in [1.807, 2.05) is 0 Å². The molecule has 0 spiro atoms. The van der Waals surface area contributed by atoms with E-state index < -0.39 is 12.0 Å². The van der Waals surface area contributed by atoms with Crippen LogP contribution < -0.4 is 0 Å². The van der Waals surface area contributed by atoms with Gasteiger partial charge in [0, 0.05) is 24.6 Å². The number of carboxylic acids is 1. The highest BCUT2D eigenvalue weighted by Gasteiger charge is 2.36. The van der Waals surface area contributed by atoms with Crippen molar-refractivity contribution in [3.8, 4) is 5.75 Å². The topological polar surface area (TPSA) is 77.8 Å². The number of thiol groups is 1. The molecule has 1 amide bonds. The lowest BCUT2D eigenvalue weighted by atomic mass is 10.0. The van der Waals surface area contributed by atoms with Crippen molar-refractivity contribution < 1.29 is 19.8 Å².